The van der Waals surface area contributed by atoms with Crippen LogP contribution in [0.5, 0.6) is 5.75 Å². The van der Waals surface area contributed by atoms with Gasteiger partial charge in [-0.05, 0) is 38.4 Å². The second kappa shape index (κ2) is 5.16. The van der Waals surface area contributed by atoms with E-state index in [1.54, 1.807) is 25.3 Å². The van der Waals surface area contributed by atoms with E-state index in [0.29, 0.717) is 16.5 Å². The fraction of sp³-hybridized carbons (Fsp3) is 0.462. The Balaban J connectivity index is 2.16. The average Bonchev–Trinajstić information content (AvgIpc) is 2.80. The maximum Gasteiger partial charge on any atom is 0.244 e. The van der Waals surface area contributed by atoms with Crippen LogP contribution in [0.15, 0.2) is 18.2 Å². The first-order chi connectivity index (χ1) is 8.55. The molecular formula is C13H17ClN2O2. The molecule has 18 heavy (non-hydrogen) atoms. The number of amides is 1. The Labute approximate surface area is 112 Å². The lowest BCUT2D eigenvalue weighted by Crippen LogP contribution is -2.48. The maximum absolute atomic E-state index is 12.2. The van der Waals surface area contributed by atoms with E-state index in [0.717, 1.165) is 19.4 Å². The number of halogens is 1. The van der Waals surface area contributed by atoms with Crippen molar-refractivity contribution in [2.45, 2.75) is 25.3 Å². The molecule has 1 unspecified atom stereocenters. The Morgan fingerprint density at radius 3 is 2.94 bits per heavy atom. The van der Waals surface area contributed by atoms with Crippen LogP contribution in [0.3, 0.4) is 0 Å². The minimum Gasteiger partial charge on any atom is -0.497 e. The van der Waals surface area contributed by atoms with Crippen LogP contribution < -0.4 is 15.4 Å². The SMILES string of the molecule is COc1ccc(Cl)c(NC(=O)C2(C)CCCN2)c1. The van der Waals surface area contributed by atoms with Crippen LogP contribution in [0, 0.1) is 0 Å². The summed E-state index contributed by atoms with van der Waals surface area (Å²) in [7, 11) is 1.58. The number of benzene rings is 1. The van der Waals surface area contributed by atoms with Crippen LogP contribution in [0.25, 0.3) is 0 Å². The molecule has 1 aromatic carbocycles. The minimum absolute atomic E-state index is 0.0600. The molecule has 1 atom stereocenters. The molecule has 0 aromatic heterocycles. The molecule has 1 aliphatic heterocycles. The molecule has 0 bridgehead atoms. The van der Waals surface area contributed by atoms with Gasteiger partial charge in [-0.15, -0.1) is 0 Å². The van der Waals surface area contributed by atoms with Crippen LogP contribution in [-0.2, 0) is 4.79 Å². The number of hydrogen-bond donors (Lipinski definition) is 2. The zero-order chi connectivity index (χ0) is 13.2. The third-order valence-electron chi connectivity index (χ3n) is 3.29. The Kier molecular flexibility index (Phi) is 3.78. The number of rotatable bonds is 3. The summed E-state index contributed by atoms with van der Waals surface area (Å²) in [5.41, 5.74) is 0.0720. The molecule has 2 rings (SSSR count). The van der Waals surface area contributed by atoms with Crippen LogP contribution >= 0.6 is 11.6 Å². The van der Waals surface area contributed by atoms with E-state index in [4.69, 9.17) is 16.3 Å². The number of ether oxygens (including phenoxy) is 1. The fourth-order valence-electron chi connectivity index (χ4n) is 2.08. The standard InChI is InChI=1S/C13H17ClN2O2/c1-13(6-3-7-15-13)12(17)16-11-8-9(18-2)4-5-10(11)14/h4-5,8,15H,3,6-7H2,1-2H3,(H,16,17). The quantitative estimate of drug-likeness (QED) is 0.885. The van der Waals surface area contributed by atoms with Gasteiger partial charge in [-0.25, -0.2) is 0 Å². The van der Waals surface area contributed by atoms with Crippen molar-refractivity contribution in [2.24, 2.45) is 0 Å². The Morgan fingerprint density at radius 2 is 2.33 bits per heavy atom. The van der Waals surface area contributed by atoms with Crippen molar-refractivity contribution in [1.29, 1.82) is 0 Å². The first-order valence-electron chi connectivity index (χ1n) is 5.95. The lowest BCUT2D eigenvalue weighted by molar-refractivity contribution is -0.121. The number of carbonyl (C=O) groups is 1. The van der Waals surface area contributed by atoms with Gasteiger partial charge < -0.3 is 15.4 Å². The molecule has 1 aromatic rings. The van der Waals surface area contributed by atoms with Crippen molar-refractivity contribution in [3.8, 4) is 5.75 Å². The number of hydrogen-bond acceptors (Lipinski definition) is 3. The molecule has 0 saturated carbocycles. The van der Waals surface area contributed by atoms with E-state index in [2.05, 4.69) is 10.6 Å². The molecule has 1 heterocycles. The zero-order valence-electron chi connectivity index (χ0n) is 10.5. The van der Waals surface area contributed by atoms with Crippen molar-refractivity contribution >= 4 is 23.2 Å². The second-order valence-electron chi connectivity index (χ2n) is 4.66. The summed E-state index contributed by atoms with van der Waals surface area (Å²) in [4.78, 5) is 12.2. The summed E-state index contributed by atoms with van der Waals surface area (Å²) in [6, 6.07) is 5.19. The summed E-state index contributed by atoms with van der Waals surface area (Å²) in [5.74, 6) is 0.606. The number of nitrogens with one attached hydrogen (secondary N) is 2. The highest BCUT2D eigenvalue weighted by Crippen LogP contribution is 2.28. The zero-order valence-corrected chi connectivity index (χ0v) is 11.3. The van der Waals surface area contributed by atoms with Crippen LogP contribution in [-0.4, -0.2) is 25.1 Å². The highest BCUT2D eigenvalue weighted by molar-refractivity contribution is 6.33. The predicted molar refractivity (Wildman–Crippen MR) is 72.3 cm³/mol. The smallest absolute Gasteiger partial charge is 0.244 e. The lowest BCUT2D eigenvalue weighted by atomic mass is 9.99. The van der Waals surface area contributed by atoms with Crippen LogP contribution in [0.1, 0.15) is 19.8 Å². The molecule has 1 fully saturated rings. The molecule has 0 spiro atoms. The molecule has 98 valence electrons. The molecule has 0 radical (unpaired) electrons. The van der Waals surface area contributed by atoms with Gasteiger partial charge in [0.05, 0.1) is 23.4 Å². The van der Waals surface area contributed by atoms with Gasteiger partial charge in [0.25, 0.3) is 0 Å². The van der Waals surface area contributed by atoms with Crippen molar-refractivity contribution in [3.63, 3.8) is 0 Å². The Bertz CT molecular complexity index is 456. The van der Waals surface area contributed by atoms with E-state index < -0.39 is 5.54 Å². The van der Waals surface area contributed by atoms with Crippen LogP contribution in [0.2, 0.25) is 5.02 Å². The van der Waals surface area contributed by atoms with E-state index in [9.17, 15) is 4.79 Å². The lowest BCUT2D eigenvalue weighted by Gasteiger charge is -2.23. The number of carbonyl (C=O) groups excluding carboxylic acids is 1. The van der Waals surface area contributed by atoms with Gasteiger partial charge in [0.15, 0.2) is 0 Å². The van der Waals surface area contributed by atoms with E-state index >= 15 is 0 Å². The first-order valence-corrected chi connectivity index (χ1v) is 6.33. The Hall–Kier alpha value is -1.26. The first kappa shape index (κ1) is 13.2. The molecule has 2 N–H and O–H groups in total. The summed E-state index contributed by atoms with van der Waals surface area (Å²) in [6.45, 7) is 2.78. The van der Waals surface area contributed by atoms with E-state index in [1.807, 2.05) is 6.92 Å². The summed E-state index contributed by atoms with van der Waals surface area (Å²) in [6.07, 6.45) is 1.84. The van der Waals surface area contributed by atoms with Crippen molar-refractivity contribution < 1.29 is 9.53 Å². The molecule has 1 aliphatic rings. The minimum atomic E-state index is -0.508. The second-order valence-corrected chi connectivity index (χ2v) is 5.07. The fourth-order valence-corrected chi connectivity index (χ4v) is 2.24. The summed E-state index contributed by atoms with van der Waals surface area (Å²) < 4.78 is 5.12. The van der Waals surface area contributed by atoms with Gasteiger partial charge in [-0.3, -0.25) is 4.79 Å². The molecule has 1 saturated heterocycles. The highest BCUT2D eigenvalue weighted by Gasteiger charge is 2.36. The predicted octanol–water partition coefficient (Wildman–Crippen LogP) is 2.43. The summed E-state index contributed by atoms with van der Waals surface area (Å²) in [5, 5.41) is 6.57. The largest absolute Gasteiger partial charge is 0.497 e. The monoisotopic (exact) mass is 268 g/mol. The molecule has 1 amide bonds. The van der Waals surface area contributed by atoms with Gasteiger partial charge in [-0.2, -0.15) is 0 Å². The third kappa shape index (κ3) is 2.60. The van der Waals surface area contributed by atoms with E-state index in [1.165, 1.54) is 0 Å². The van der Waals surface area contributed by atoms with Gasteiger partial charge in [0.2, 0.25) is 5.91 Å². The molecule has 4 nitrogen and oxygen atoms in total. The molecule has 0 aliphatic carbocycles. The highest BCUT2D eigenvalue weighted by atomic mass is 35.5. The van der Waals surface area contributed by atoms with E-state index in [-0.39, 0.29) is 5.91 Å². The van der Waals surface area contributed by atoms with Gasteiger partial charge in [-0.1, -0.05) is 11.6 Å². The van der Waals surface area contributed by atoms with Gasteiger partial charge in [0.1, 0.15) is 5.75 Å². The maximum atomic E-state index is 12.2. The van der Waals surface area contributed by atoms with Crippen molar-refractivity contribution in [1.82, 2.24) is 5.32 Å². The summed E-state index contributed by atoms with van der Waals surface area (Å²) >= 11 is 6.06. The number of methoxy groups -OCH3 is 1. The third-order valence-corrected chi connectivity index (χ3v) is 3.62. The molecular weight excluding hydrogens is 252 g/mol. The van der Waals surface area contributed by atoms with Crippen molar-refractivity contribution in [3.05, 3.63) is 23.2 Å². The average molecular weight is 269 g/mol. The topological polar surface area (TPSA) is 50.4 Å². The molecule has 5 heteroatoms. The normalized spacial score (nSPS) is 22.8. The number of anilines is 1. The van der Waals surface area contributed by atoms with Gasteiger partial charge in [0, 0.05) is 6.07 Å². The Morgan fingerprint density at radius 1 is 1.56 bits per heavy atom. The van der Waals surface area contributed by atoms with Gasteiger partial charge >= 0.3 is 0 Å². The van der Waals surface area contributed by atoms with Crippen LogP contribution in [0.4, 0.5) is 5.69 Å². The van der Waals surface area contributed by atoms with Crippen molar-refractivity contribution in [2.75, 3.05) is 19.0 Å².